The van der Waals surface area contributed by atoms with Crippen molar-refractivity contribution in [3.63, 3.8) is 0 Å². The van der Waals surface area contributed by atoms with Crippen LogP contribution in [-0.4, -0.2) is 19.7 Å². The fourth-order valence-electron chi connectivity index (χ4n) is 2.89. The minimum Gasteiger partial charge on any atom is -0.493 e. The predicted molar refractivity (Wildman–Crippen MR) is 60.6 cm³/mol. The van der Waals surface area contributed by atoms with E-state index in [9.17, 15) is 0 Å². The van der Waals surface area contributed by atoms with Crippen molar-refractivity contribution in [2.24, 2.45) is 0 Å². The molecule has 0 bridgehead atoms. The van der Waals surface area contributed by atoms with Gasteiger partial charge in [-0.15, -0.1) is 0 Å². The first-order chi connectivity index (χ1) is 7.36. The molecule has 1 N–H and O–H groups in total. The molecule has 2 heteroatoms. The molecule has 1 saturated heterocycles. The fraction of sp³-hybridized carbons (Fsp3) is 0.538. The molecule has 1 unspecified atom stereocenters. The quantitative estimate of drug-likeness (QED) is 0.754. The SMILES string of the molecule is Cc1ccc2c(c1C1CCNC1)CCO2. The van der Waals surface area contributed by atoms with Crippen LogP contribution in [0.15, 0.2) is 12.1 Å². The van der Waals surface area contributed by atoms with Crippen molar-refractivity contribution in [3.8, 4) is 5.75 Å². The van der Waals surface area contributed by atoms with E-state index in [1.807, 2.05) is 0 Å². The number of ether oxygens (including phenoxy) is 1. The van der Waals surface area contributed by atoms with E-state index in [1.54, 1.807) is 5.56 Å². The fourth-order valence-corrected chi connectivity index (χ4v) is 2.89. The number of fused-ring (bicyclic) bond motifs is 1. The van der Waals surface area contributed by atoms with Crippen LogP contribution in [0.25, 0.3) is 0 Å². The molecule has 3 rings (SSSR count). The Hall–Kier alpha value is -1.02. The summed E-state index contributed by atoms with van der Waals surface area (Å²) in [5.41, 5.74) is 4.48. The van der Waals surface area contributed by atoms with Crippen LogP contribution in [0, 0.1) is 6.92 Å². The molecule has 2 heterocycles. The van der Waals surface area contributed by atoms with Gasteiger partial charge in [-0.3, -0.25) is 0 Å². The predicted octanol–water partition coefficient (Wildman–Crippen LogP) is 2.01. The Kier molecular flexibility index (Phi) is 2.17. The van der Waals surface area contributed by atoms with Gasteiger partial charge in [-0.1, -0.05) is 6.07 Å². The van der Waals surface area contributed by atoms with Crippen LogP contribution in [-0.2, 0) is 6.42 Å². The van der Waals surface area contributed by atoms with Crippen molar-refractivity contribution in [1.82, 2.24) is 5.32 Å². The molecule has 80 valence electrons. The molecule has 1 fully saturated rings. The third kappa shape index (κ3) is 1.44. The highest BCUT2D eigenvalue weighted by molar-refractivity contribution is 5.49. The van der Waals surface area contributed by atoms with E-state index in [0.717, 1.165) is 31.9 Å². The second-order valence-electron chi connectivity index (χ2n) is 4.56. The van der Waals surface area contributed by atoms with Gasteiger partial charge in [0.1, 0.15) is 5.75 Å². The lowest BCUT2D eigenvalue weighted by atomic mass is 9.88. The van der Waals surface area contributed by atoms with Gasteiger partial charge in [-0.2, -0.15) is 0 Å². The highest BCUT2D eigenvalue weighted by atomic mass is 16.5. The number of benzene rings is 1. The lowest BCUT2D eigenvalue weighted by Gasteiger charge is -2.16. The van der Waals surface area contributed by atoms with Gasteiger partial charge < -0.3 is 10.1 Å². The summed E-state index contributed by atoms with van der Waals surface area (Å²) in [5.74, 6) is 1.84. The average molecular weight is 203 g/mol. The van der Waals surface area contributed by atoms with E-state index in [1.165, 1.54) is 17.5 Å². The lowest BCUT2D eigenvalue weighted by Crippen LogP contribution is -2.10. The topological polar surface area (TPSA) is 21.3 Å². The number of rotatable bonds is 1. The van der Waals surface area contributed by atoms with Gasteiger partial charge in [0, 0.05) is 18.5 Å². The van der Waals surface area contributed by atoms with E-state index in [0.29, 0.717) is 5.92 Å². The largest absolute Gasteiger partial charge is 0.493 e. The maximum Gasteiger partial charge on any atom is 0.122 e. The molecule has 2 aliphatic rings. The van der Waals surface area contributed by atoms with Gasteiger partial charge in [0.15, 0.2) is 0 Å². The number of aryl methyl sites for hydroxylation is 1. The molecule has 2 aliphatic heterocycles. The van der Waals surface area contributed by atoms with Crippen LogP contribution >= 0.6 is 0 Å². The third-order valence-electron chi connectivity index (χ3n) is 3.61. The van der Waals surface area contributed by atoms with E-state index in [4.69, 9.17) is 4.74 Å². The maximum absolute atomic E-state index is 5.63. The smallest absolute Gasteiger partial charge is 0.122 e. The minimum absolute atomic E-state index is 0.710. The zero-order chi connectivity index (χ0) is 10.3. The van der Waals surface area contributed by atoms with Crippen LogP contribution in [0.4, 0.5) is 0 Å². The molecular weight excluding hydrogens is 186 g/mol. The third-order valence-corrected chi connectivity index (χ3v) is 3.61. The Bertz CT molecular complexity index is 380. The first-order valence-electron chi connectivity index (χ1n) is 5.82. The molecule has 2 nitrogen and oxygen atoms in total. The van der Waals surface area contributed by atoms with E-state index in [2.05, 4.69) is 24.4 Å². The number of hydrogen-bond donors (Lipinski definition) is 1. The molecule has 0 aromatic heterocycles. The van der Waals surface area contributed by atoms with Crippen LogP contribution < -0.4 is 10.1 Å². The Morgan fingerprint density at radius 1 is 1.40 bits per heavy atom. The molecule has 0 radical (unpaired) electrons. The molecule has 0 spiro atoms. The molecular formula is C13H17NO. The summed E-state index contributed by atoms with van der Waals surface area (Å²) >= 11 is 0. The van der Waals surface area contributed by atoms with Crippen molar-refractivity contribution in [2.75, 3.05) is 19.7 Å². The zero-order valence-corrected chi connectivity index (χ0v) is 9.18. The second kappa shape index (κ2) is 3.53. The van der Waals surface area contributed by atoms with Crippen LogP contribution in [0.1, 0.15) is 29.0 Å². The van der Waals surface area contributed by atoms with Crippen LogP contribution in [0.3, 0.4) is 0 Å². The lowest BCUT2D eigenvalue weighted by molar-refractivity contribution is 0.357. The van der Waals surface area contributed by atoms with E-state index < -0.39 is 0 Å². The molecule has 1 atom stereocenters. The van der Waals surface area contributed by atoms with E-state index in [-0.39, 0.29) is 0 Å². The minimum atomic E-state index is 0.710. The first kappa shape index (κ1) is 9.22. The highest BCUT2D eigenvalue weighted by Gasteiger charge is 2.25. The molecule has 0 amide bonds. The van der Waals surface area contributed by atoms with Crippen LogP contribution in [0.2, 0.25) is 0 Å². The number of nitrogens with one attached hydrogen (secondary N) is 1. The molecule has 15 heavy (non-hydrogen) atoms. The summed E-state index contributed by atoms with van der Waals surface area (Å²) in [4.78, 5) is 0. The first-order valence-corrected chi connectivity index (χ1v) is 5.82. The monoisotopic (exact) mass is 203 g/mol. The van der Waals surface area contributed by atoms with Gasteiger partial charge in [0.05, 0.1) is 6.61 Å². The van der Waals surface area contributed by atoms with Gasteiger partial charge in [-0.05, 0) is 43.0 Å². The summed E-state index contributed by atoms with van der Waals surface area (Å²) in [5, 5.41) is 3.45. The zero-order valence-electron chi connectivity index (χ0n) is 9.18. The van der Waals surface area contributed by atoms with Gasteiger partial charge in [0.25, 0.3) is 0 Å². The van der Waals surface area contributed by atoms with Crippen molar-refractivity contribution < 1.29 is 4.74 Å². The van der Waals surface area contributed by atoms with Crippen LogP contribution in [0.5, 0.6) is 5.75 Å². The van der Waals surface area contributed by atoms with Crippen molar-refractivity contribution >= 4 is 0 Å². The Balaban J connectivity index is 2.08. The summed E-state index contributed by atoms with van der Waals surface area (Å²) in [6.07, 6.45) is 2.38. The summed E-state index contributed by atoms with van der Waals surface area (Å²) in [7, 11) is 0. The standard InChI is InChI=1S/C13H17NO/c1-9-2-3-12-11(5-7-15-12)13(9)10-4-6-14-8-10/h2-3,10,14H,4-8H2,1H3. The molecule has 0 saturated carbocycles. The second-order valence-corrected chi connectivity index (χ2v) is 4.56. The van der Waals surface area contributed by atoms with Gasteiger partial charge in [0.2, 0.25) is 0 Å². The maximum atomic E-state index is 5.63. The summed E-state index contributed by atoms with van der Waals surface area (Å²) in [6, 6.07) is 4.33. The average Bonchev–Trinajstić information content (AvgIpc) is 2.85. The summed E-state index contributed by atoms with van der Waals surface area (Å²) in [6.45, 7) is 5.39. The molecule has 0 aliphatic carbocycles. The molecule has 1 aromatic rings. The van der Waals surface area contributed by atoms with E-state index >= 15 is 0 Å². The Morgan fingerprint density at radius 2 is 2.33 bits per heavy atom. The Morgan fingerprint density at radius 3 is 3.13 bits per heavy atom. The highest BCUT2D eigenvalue weighted by Crippen LogP contribution is 2.36. The Labute approximate surface area is 90.6 Å². The summed E-state index contributed by atoms with van der Waals surface area (Å²) < 4.78 is 5.63. The number of hydrogen-bond acceptors (Lipinski definition) is 2. The normalized spacial score (nSPS) is 23.9. The van der Waals surface area contributed by atoms with Crippen molar-refractivity contribution in [2.45, 2.75) is 25.7 Å². The van der Waals surface area contributed by atoms with Gasteiger partial charge >= 0.3 is 0 Å². The molecule has 1 aromatic carbocycles. The van der Waals surface area contributed by atoms with Crippen molar-refractivity contribution in [3.05, 3.63) is 28.8 Å². The van der Waals surface area contributed by atoms with Gasteiger partial charge in [-0.25, -0.2) is 0 Å². The van der Waals surface area contributed by atoms with Crippen molar-refractivity contribution in [1.29, 1.82) is 0 Å².